The molecule has 2 aromatic carbocycles. The van der Waals surface area contributed by atoms with Crippen molar-refractivity contribution in [3.8, 4) is 11.5 Å². The minimum absolute atomic E-state index is 0.0695. The molecule has 24 heavy (non-hydrogen) atoms. The average Bonchev–Trinajstić information content (AvgIpc) is 2.60. The maximum Gasteiger partial charge on any atom is 0.253 e. The van der Waals surface area contributed by atoms with Crippen LogP contribution in [-0.4, -0.2) is 37.6 Å². The van der Waals surface area contributed by atoms with Gasteiger partial charge < -0.3 is 14.4 Å². The summed E-state index contributed by atoms with van der Waals surface area (Å²) < 4.78 is 11.0. The molecule has 0 aromatic heterocycles. The molecule has 126 valence electrons. The second-order valence-electron chi connectivity index (χ2n) is 5.16. The number of carbonyl (C=O) groups excluding carboxylic acids is 1. The van der Waals surface area contributed by atoms with E-state index >= 15 is 0 Å². The molecule has 0 saturated carbocycles. The zero-order valence-electron chi connectivity index (χ0n) is 13.6. The Hall–Kier alpha value is -2.46. The van der Waals surface area contributed by atoms with Gasteiger partial charge in [-0.3, -0.25) is 4.79 Å². The highest BCUT2D eigenvalue weighted by Gasteiger charge is 2.11. The van der Waals surface area contributed by atoms with E-state index in [1.807, 2.05) is 12.1 Å². The zero-order chi connectivity index (χ0) is 17.4. The molecular weight excluding hydrogens is 326 g/mol. The number of rotatable bonds is 8. The van der Waals surface area contributed by atoms with E-state index in [1.54, 1.807) is 54.4 Å². The van der Waals surface area contributed by atoms with Gasteiger partial charge in [-0.05, 0) is 42.5 Å². The smallest absolute Gasteiger partial charge is 0.253 e. The standard InChI is InChI=1S/C19H20ClNO3/c1-3-12-23-17-9-7-15(8-10-17)19(22)21(2)11-13-24-18-6-4-5-16(20)14-18/h3-10,14H,1,11-13H2,2H3. The van der Waals surface area contributed by atoms with E-state index in [0.29, 0.717) is 41.8 Å². The average molecular weight is 346 g/mol. The van der Waals surface area contributed by atoms with E-state index in [2.05, 4.69) is 6.58 Å². The van der Waals surface area contributed by atoms with Crippen molar-refractivity contribution >= 4 is 17.5 Å². The molecule has 1 amide bonds. The number of carbonyl (C=O) groups is 1. The number of hydrogen-bond donors (Lipinski definition) is 0. The van der Waals surface area contributed by atoms with Gasteiger partial charge in [-0.2, -0.15) is 0 Å². The highest BCUT2D eigenvalue weighted by molar-refractivity contribution is 6.30. The lowest BCUT2D eigenvalue weighted by Crippen LogP contribution is -2.30. The molecular formula is C19H20ClNO3. The molecule has 2 rings (SSSR count). The van der Waals surface area contributed by atoms with Gasteiger partial charge in [-0.25, -0.2) is 0 Å². The van der Waals surface area contributed by atoms with Gasteiger partial charge in [0.15, 0.2) is 0 Å². The number of likely N-dealkylation sites (N-methyl/N-ethyl adjacent to an activating group) is 1. The molecule has 0 spiro atoms. The predicted molar refractivity (Wildman–Crippen MR) is 96.0 cm³/mol. The van der Waals surface area contributed by atoms with E-state index < -0.39 is 0 Å². The van der Waals surface area contributed by atoms with Crippen molar-refractivity contribution in [3.63, 3.8) is 0 Å². The summed E-state index contributed by atoms with van der Waals surface area (Å²) in [5, 5.41) is 0.621. The maximum absolute atomic E-state index is 12.4. The van der Waals surface area contributed by atoms with Gasteiger partial charge in [0.25, 0.3) is 5.91 Å². The Kier molecular flexibility index (Phi) is 6.70. The SMILES string of the molecule is C=CCOc1ccc(C(=O)N(C)CCOc2cccc(Cl)c2)cc1. The molecule has 4 nitrogen and oxygen atoms in total. The summed E-state index contributed by atoms with van der Waals surface area (Å²) >= 11 is 5.90. The number of amides is 1. The van der Waals surface area contributed by atoms with Gasteiger partial charge in [0.1, 0.15) is 24.7 Å². The van der Waals surface area contributed by atoms with Gasteiger partial charge >= 0.3 is 0 Å². The van der Waals surface area contributed by atoms with Crippen LogP contribution in [0.4, 0.5) is 0 Å². The maximum atomic E-state index is 12.4. The molecule has 0 N–H and O–H groups in total. The minimum Gasteiger partial charge on any atom is -0.492 e. The monoisotopic (exact) mass is 345 g/mol. The minimum atomic E-state index is -0.0695. The van der Waals surface area contributed by atoms with Gasteiger partial charge in [0.05, 0.1) is 6.54 Å². The molecule has 0 heterocycles. The lowest BCUT2D eigenvalue weighted by molar-refractivity contribution is 0.0773. The van der Waals surface area contributed by atoms with Crippen LogP contribution in [0.15, 0.2) is 61.2 Å². The van der Waals surface area contributed by atoms with Crippen molar-refractivity contribution in [1.82, 2.24) is 4.90 Å². The predicted octanol–water partition coefficient (Wildman–Crippen LogP) is 4.06. The second kappa shape index (κ2) is 8.99. The third-order valence-corrected chi connectivity index (χ3v) is 3.54. The van der Waals surface area contributed by atoms with Crippen LogP contribution in [0.1, 0.15) is 10.4 Å². The fourth-order valence-corrected chi connectivity index (χ4v) is 2.21. The van der Waals surface area contributed by atoms with Crippen LogP contribution in [0, 0.1) is 0 Å². The Morgan fingerprint density at radius 1 is 1.17 bits per heavy atom. The summed E-state index contributed by atoms with van der Waals surface area (Å²) in [6.07, 6.45) is 1.67. The number of ether oxygens (including phenoxy) is 2. The lowest BCUT2D eigenvalue weighted by Gasteiger charge is -2.18. The first kappa shape index (κ1) is 17.9. The molecule has 0 bridgehead atoms. The largest absolute Gasteiger partial charge is 0.492 e. The Balaban J connectivity index is 1.84. The van der Waals surface area contributed by atoms with Gasteiger partial charge in [-0.1, -0.05) is 30.3 Å². The second-order valence-corrected chi connectivity index (χ2v) is 5.59. The molecule has 0 unspecified atom stereocenters. The van der Waals surface area contributed by atoms with Crippen LogP contribution in [0.3, 0.4) is 0 Å². The van der Waals surface area contributed by atoms with Crippen molar-refractivity contribution in [3.05, 3.63) is 71.8 Å². The number of nitrogens with zero attached hydrogens (tertiary/aromatic N) is 1. The number of benzene rings is 2. The summed E-state index contributed by atoms with van der Waals surface area (Å²) in [7, 11) is 1.74. The van der Waals surface area contributed by atoms with Crippen LogP contribution in [-0.2, 0) is 0 Å². The normalized spacial score (nSPS) is 10.1. The molecule has 0 aliphatic carbocycles. The van der Waals surface area contributed by atoms with E-state index in [1.165, 1.54) is 0 Å². The summed E-state index contributed by atoms with van der Waals surface area (Å²) in [6.45, 7) is 4.90. The first-order valence-electron chi connectivity index (χ1n) is 7.57. The highest BCUT2D eigenvalue weighted by atomic mass is 35.5. The Bertz CT molecular complexity index is 685. The summed E-state index contributed by atoms with van der Waals surface area (Å²) in [6, 6.07) is 14.2. The van der Waals surface area contributed by atoms with Crippen LogP contribution < -0.4 is 9.47 Å². The summed E-state index contributed by atoms with van der Waals surface area (Å²) in [5.41, 5.74) is 0.603. The molecule has 0 aliphatic rings. The van der Waals surface area contributed by atoms with E-state index in [4.69, 9.17) is 21.1 Å². The molecule has 0 radical (unpaired) electrons. The summed E-state index contributed by atoms with van der Waals surface area (Å²) in [5.74, 6) is 1.32. The van der Waals surface area contributed by atoms with Crippen molar-refractivity contribution in [2.24, 2.45) is 0 Å². The molecule has 0 fully saturated rings. The van der Waals surface area contributed by atoms with Gasteiger partial charge in [0.2, 0.25) is 0 Å². The van der Waals surface area contributed by atoms with Crippen molar-refractivity contribution in [1.29, 1.82) is 0 Å². The summed E-state index contributed by atoms with van der Waals surface area (Å²) in [4.78, 5) is 14.0. The number of halogens is 1. The quantitative estimate of drug-likeness (QED) is 0.677. The number of hydrogen-bond acceptors (Lipinski definition) is 3. The molecule has 5 heteroatoms. The lowest BCUT2D eigenvalue weighted by atomic mass is 10.2. The molecule has 0 aliphatic heterocycles. The van der Waals surface area contributed by atoms with E-state index in [-0.39, 0.29) is 5.91 Å². The first-order chi connectivity index (χ1) is 11.6. The van der Waals surface area contributed by atoms with Crippen LogP contribution in [0.2, 0.25) is 5.02 Å². The molecule has 0 atom stereocenters. The van der Waals surface area contributed by atoms with Crippen LogP contribution in [0.5, 0.6) is 11.5 Å². The van der Waals surface area contributed by atoms with E-state index in [9.17, 15) is 4.79 Å². The fraction of sp³-hybridized carbons (Fsp3) is 0.211. The Morgan fingerprint density at radius 2 is 1.92 bits per heavy atom. The van der Waals surface area contributed by atoms with E-state index in [0.717, 1.165) is 0 Å². The van der Waals surface area contributed by atoms with Crippen molar-refractivity contribution in [2.45, 2.75) is 0 Å². The van der Waals surface area contributed by atoms with Crippen LogP contribution >= 0.6 is 11.6 Å². The topological polar surface area (TPSA) is 38.8 Å². The first-order valence-corrected chi connectivity index (χ1v) is 7.95. The van der Waals surface area contributed by atoms with Crippen LogP contribution in [0.25, 0.3) is 0 Å². The third kappa shape index (κ3) is 5.32. The van der Waals surface area contributed by atoms with Gasteiger partial charge in [0, 0.05) is 17.6 Å². The van der Waals surface area contributed by atoms with Crippen molar-refractivity contribution < 1.29 is 14.3 Å². The third-order valence-electron chi connectivity index (χ3n) is 3.31. The fourth-order valence-electron chi connectivity index (χ4n) is 2.03. The van der Waals surface area contributed by atoms with Gasteiger partial charge in [-0.15, -0.1) is 0 Å². The Labute approximate surface area is 147 Å². The zero-order valence-corrected chi connectivity index (χ0v) is 14.3. The highest BCUT2D eigenvalue weighted by Crippen LogP contribution is 2.17. The molecule has 2 aromatic rings. The molecule has 0 saturated heterocycles. The Morgan fingerprint density at radius 3 is 2.58 bits per heavy atom. The van der Waals surface area contributed by atoms with Crippen molar-refractivity contribution in [2.75, 3.05) is 26.8 Å².